The molecule has 0 aliphatic heterocycles. The van der Waals surface area contributed by atoms with Gasteiger partial charge in [0.05, 0.1) is 13.5 Å². The van der Waals surface area contributed by atoms with Crippen LogP contribution < -0.4 is 4.74 Å². The average Bonchev–Trinajstić information content (AvgIpc) is 3.16. The van der Waals surface area contributed by atoms with Crippen LogP contribution in [0, 0.1) is 0 Å². The molecule has 4 nitrogen and oxygen atoms in total. The Kier molecular flexibility index (Phi) is 4.34. The van der Waals surface area contributed by atoms with Crippen LogP contribution in [-0.4, -0.2) is 22.8 Å². The number of aliphatic carboxylic acids is 1. The smallest absolute Gasteiger partial charge is 0.307 e. The van der Waals surface area contributed by atoms with E-state index in [0.717, 1.165) is 27.6 Å². The lowest BCUT2D eigenvalue weighted by Gasteiger charge is -2.06. The number of nitrogens with zero attached hydrogens (tertiary/aromatic N) is 1. The molecular weight excluding hydrogens is 370 g/mol. The van der Waals surface area contributed by atoms with Crippen molar-refractivity contribution >= 4 is 49.9 Å². The number of fused-ring (bicyclic) bond motifs is 2. The van der Waals surface area contributed by atoms with Crippen molar-refractivity contribution in [2.24, 2.45) is 0 Å². The van der Waals surface area contributed by atoms with Crippen molar-refractivity contribution in [2.75, 3.05) is 7.11 Å². The molecule has 6 heteroatoms. The number of halogens is 1. The van der Waals surface area contributed by atoms with Gasteiger partial charge < -0.3 is 14.4 Å². The Morgan fingerprint density at radius 2 is 2.04 bits per heavy atom. The predicted molar refractivity (Wildman–Crippen MR) is 106 cm³/mol. The first-order valence-corrected chi connectivity index (χ1v) is 9.34. The number of thiophene rings is 1. The van der Waals surface area contributed by atoms with E-state index in [1.54, 1.807) is 18.4 Å². The van der Waals surface area contributed by atoms with Gasteiger partial charge in [0.2, 0.25) is 0 Å². The van der Waals surface area contributed by atoms with Crippen LogP contribution in [0.4, 0.5) is 0 Å². The van der Waals surface area contributed by atoms with Gasteiger partial charge in [-0.25, -0.2) is 0 Å². The Morgan fingerprint density at radius 3 is 2.81 bits per heavy atom. The molecule has 4 aromatic rings. The van der Waals surface area contributed by atoms with Gasteiger partial charge in [-0.05, 0) is 58.3 Å². The van der Waals surface area contributed by atoms with Crippen molar-refractivity contribution in [1.29, 1.82) is 0 Å². The predicted octanol–water partition coefficient (Wildman–Crippen LogP) is 5.19. The molecular formula is C20H16ClNO3S. The van der Waals surface area contributed by atoms with E-state index < -0.39 is 5.97 Å². The van der Waals surface area contributed by atoms with Crippen molar-refractivity contribution in [3.63, 3.8) is 0 Å². The van der Waals surface area contributed by atoms with Crippen LogP contribution in [0.1, 0.15) is 11.1 Å². The highest BCUT2D eigenvalue weighted by molar-refractivity contribution is 7.17. The summed E-state index contributed by atoms with van der Waals surface area (Å²) in [4.78, 5) is 11.3. The van der Waals surface area contributed by atoms with E-state index in [0.29, 0.717) is 11.6 Å². The number of ether oxygens (including phenoxy) is 1. The Morgan fingerprint density at radius 1 is 1.19 bits per heavy atom. The fourth-order valence-corrected chi connectivity index (χ4v) is 4.38. The first kappa shape index (κ1) is 16.9. The van der Waals surface area contributed by atoms with Crippen LogP contribution in [0.15, 0.2) is 48.0 Å². The number of hydrogen-bond acceptors (Lipinski definition) is 3. The van der Waals surface area contributed by atoms with E-state index in [-0.39, 0.29) is 6.42 Å². The van der Waals surface area contributed by atoms with Crippen LogP contribution >= 0.6 is 22.9 Å². The maximum absolute atomic E-state index is 11.3. The topological polar surface area (TPSA) is 51.5 Å². The Balaban J connectivity index is 1.82. The summed E-state index contributed by atoms with van der Waals surface area (Å²) in [5, 5.41) is 14.1. The summed E-state index contributed by atoms with van der Waals surface area (Å²) in [7, 11) is 1.61. The molecule has 0 radical (unpaired) electrons. The number of carbonyl (C=O) groups is 1. The second-order valence-corrected chi connectivity index (χ2v) is 7.48. The Bertz CT molecular complexity index is 1130. The molecule has 0 saturated heterocycles. The van der Waals surface area contributed by atoms with Crippen LogP contribution in [0.25, 0.3) is 21.0 Å². The van der Waals surface area contributed by atoms with Crippen molar-refractivity contribution in [3.8, 4) is 5.75 Å². The van der Waals surface area contributed by atoms with Gasteiger partial charge in [-0.2, -0.15) is 0 Å². The molecule has 0 saturated carbocycles. The van der Waals surface area contributed by atoms with Crippen molar-refractivity contribution < 1.29 is 14.6 Å². The number of aromatic nitrogens is 1. The molecule has 0 aliphatic carbocycles. The SMILES string of the molecule is COc1ccc2c(c1)c(CC(=O)O)cn2Cc1csc2ccc(Cl)cc12. The standard InChI is InChI=1S/C20H16ClNO3S/c1-25-15-3-4-18-16(8-15)12(6-20(23)24)9-22(18)10-13-11-26-19-5-2-14(21)7-17(13)19/h2-5,7-9,11H,6,10H2,1H3,(H,23,24). The Labute approximate surface area is 159 Å². The molecule has 2 aromatic carbocycles. The minimum Gasteiger partial charge on any atom is -0.497 e. The molecule has 26 heavy (non-hydrogen) atoms. The van der Waals surface area contributed by atoms with Crippen LogP contribution in [0.3, 0.4) is 0 Å². The zero-order chi connectivity index (χ0) is 18.3. The lowest BCUT2D eigenvalue weighted by Crippen LogP contribution is -2.00. The van der Waals surface area contributed by atoms with E-state index in [1.807, 2.05) is 42.6 Å². The van der Waals surface area contributed by atoms with Crippen molar-refractivity contribution in [1.82, 2.24) is 4.57 Å². The fourth-order valence-electron chi connectivity index (χ4n) is 3.27. The highest BCUT2D eigenvalue weighted by atomic mass is 35.5. The lowest BCUT2D eigenvalue weighted by atomic mass is 10.1. The maximum Gasteiger partial charge on any atom is 0.307 e. The number of benzene rings is 2. The molecule has 0 bridgehead atoms. The van der Waals surface area contributed by atoms with E-state index in [2.05, 4.69) is 9.95 Å². The summed E-state index contributed by atoms with van der Waals surface area (Å²) in [6.45, 7) is 0.656. The molecule has 0 amide bonds. The van der Waals surface area contributed by atoms with Gasteiger partial charge in [0.1, 0.15) is 5.75 Å². The summed E-state index contributed by atoms with van der Waals surface area (Å²) < 4.78 is 8.58. The number of methoxy groups -OCH3 is 1. The molecule has 2 heterocycles. The van der Waals surface area contributed by atoms with E-state index in [9.17, 15) is 9.90 Å². The zero-order valence-corrected chi connectivity index (χ0v) is 15.6. The van der Waals surface area contributed by atoms with E-state index >= 15 is 0 Å². The van der Waals surface area contributed by atoms with Crippen LogP contribution in [0.2, 0.25) is 5.02 Å². The maximum atomic E-state index is 11.3. The van der Waals surface area contributed by atoms with Gasteiger partial charge in [0.15, 0.2) is 0 Å². The van der Waals surface area contributed by atoms with Gasteiger partial charge in [-0.1, -0.05) is 11.6 Å². The molecule has 0 aliphatic rings. The second kappa shape index (κ2) is 6.67. The summed E-state index contributed by atoms with van der Waals surface area (Å²) in [5.41, 5.74) is 2.94. The third-order valence-corrected chi connectivity index (χ3v) is 5.72. The summed E-state index contributed by atoms with van der Waals surface area (Å²) in [6.07, 6.45) is 1.90. The minimum absolute atomic E-state index is 0.0210. The fraction of sp³-hybridized carbons (Fsp3) is 0.150. The van der Waals surface area contributed by atoms with Gasteiger partial charge in [-0.15, -0.1) is 11.3 Å². The molecule has 2 aromatic heterocycles. The second-order valence-electron chi connectivity index (χ2n) is 6.14. The normalized spacial score (nSPS) is 11.3. The third kappa shape index (κ3) is 3.04. The highest BCUT2D eigenvalue weighted by Crippen LogP contribution is 2.32. The number of carboxylic acid groups (broad SMARTS) is 1. The largest absolute Gasteiger partial charge is 0.497 e. The summed E-state index contributed by atoms with van der Waals surface area (Å²) in [5.74, 6) is -0.130. The van der Waals surface area contributed by atoms with Crippen molar-refractivity contribution in [3.05, 3.63) is 64.1 Å². The third-order valence-electron chi connectivity index (χ3n) is 4.47. The molecule has 4 rings (SSSR count). The first-order valence-electron chi connectivity index (χ1n) is 8.08. The van der Waals surface area contributed by atoms with Gasteiger partial charge in [0.25, 0.3) is 0 Å². The van der Waals surface area contributed by atoms with Crippen LogP contribution in [0.5, 0.6) is 5.75 Å². The molecule has 0 fully saturated rings. The molecule has 0 spiro atoms. The molecule has 132 valence electrons. The minimum atomic E-state index is -0.848. The van der Waals surface area contributed by atoms with E-state index in [4.69, 9.17) is 16.3 Å². The molecule has 0 unspecified atom stereocenters. The average molecular weight is 386 g/mol. The van der Waals surface area contributed by atoms with E-state index in [1.165, 1.54) is 10.3 Å². The highest BCUT2D eigenvalue weighted by Gasteiger charge is 2.14. The molecule has 0 atom stereocenters. The number of hydrogen-bond donors (Lipinski definition) is 1. The number of carboxylic acids is 1. The zero-order valence-electron chi connectivity index (χ0n) is 14.0. The monoisotopic (exact) mass is 385 g/mol. The molecule has 1 N–H and O–H groups in total. The first-order chi connectivity index (χ1) is 12.5. The van der Waals surface area contributed by atoms with Gasteiger partial charge >= 0.3 is 5.97 Å². The van der Waals surface area contributed by atoms with Crippen molar-refractivity contribution in [2.45, 2.75) is 13.0 Å². The quantitative estimate of drug-likeness (QED) is 0.514. The summed E-state index contributed by atoms with van der Waals surface area (Å²) >= 11 is 7.84. The number of rotatable bonds is 5. The Hall–Kier alpha value is -2.50. The van der Waals surface area contributed by atoms with Gasteiger partial charge in [0, 0.05) is 33.4 Å². The van der Waals surface area contributed by atoms with Gasteiger partial charge in [-0.3, -0.25) is 4.79 Å². The summed E-state index contributed by atoms with van der Waals surface area (Å²) in [6, 6.07) is 11.7. The van der Waals surface area contributed by atoms with Crippen LogP contribution in [-0.2, 0) is 17.8 Å². The lowest BCUT2D eigenvalue weighted by molar-refractivity contribution is -0.136.